The van der Waals surface area contributed by atoms with Gasteiger partial charge in [-0.3, -0.25) is 0 Å². The minimum atomic E-state index is -0.755. The standard InChI is InChI=1S/C18H17FN2O3/c1-11-20-14-8-17-18(24-7-6-23-17)9-15(14)21(11)10-16(22)12-2-4-13(19)5-3-12/h2-5,8-9,16,22H,6-7,10H2,1H3/t16-/m1/s1. The maximum absolute atomic E-state index is 13.0. The van der Waals surface area contributed by atoms with Gasteiger partial charge in [0.2, 0.25) is 0 Å². The zero-order chi connectivity index (χ0) is 16.7. The maximum Gasteiger partial charge on any atom is 0.163 e. The minimum Gasteiger partial charge on any atom is -0.486 e. The predicted molar refractivity (Wildman–Crippen MR) is 86.8 cm³/mol. The molecule has 0 saturated carbocycles. The van der Waals surface area contributed by atoms with Gasteiger partial charge in [0, 0.05) is 12.1 Å². The molecule has 0 radical (unpaired) electrons. The molecule has 0 bridgehead atoms. The smallest absolute Gasteiger partial charge is 0.163 e. The van der Waals surface area contributed by atoms with Crippen LogP contribution in [0.1, 0.15) is 17.5 Å². The van der Waals surface area contributed by atoms with Gasteiger partial charge < -0.3 is 19.1 Å². The van der Waals surface area contributed by atoms with Crippen molar-refractivity contribution in [1.82, 2.24) is 9.55 Å². The van der Waals surface area contributed by atoms with Crippen LogP contribution in [-0.4, -0.2) is 27.9 Å². The van der Waals surface area contributed by atoms with Gasteiger partial charge in [0.15, 0.2) is 11.5 Å². The zero-order valence-electron chi connectivity index (χ0n) is 13.2. The van der Waals surface area contributed by atoms with Gasteiger partial charge in [0.25, 0.3) is 0 Å². The zero-order valence-corrected chi connectivity index (χ0v) is 13.2. The first kappa shape index (κ1) is 15.0. The molecule has 1 aliphatic heterocycles. The molecule has 5 nitrogen and oxygen atoms in total. The molecule has 4 rings (SSSR count). The van der Waals surface area contributed by atoms with E-state index >= 15 is 0 Å². The highest BCUT2D eigenvalue weighted by molar-refractivity contribution is 5.80. The summed E-state index contributed by atoms with van der Waals surface area (Å²) in [6, 6.07) is 9.62. The highest BCUT2D eigenvalue weighted by atomic mass is 19.1. The van der Waals surface area contributed by atoms with Gasteiger partial charge in [-0.15, -0.1) is 0 Å². The van der Waals surface area contributed by atoms with E-state index in [0.29, 0.717) is 36.8 Å². The van der Waals surface area contributed by atoms with E-state index in [0.717, 1.165) is 16.9 Å². The Hall–Kier alpha value is -2.60. The second kappa shape index (κ2) is 5.79. The highest BCUT2D eigenvalue weighted by Gasteiger charge is 2.18. The Kier molecular flexibility index (Phi) is 3.61. The molecule has 0 aliphatic carbocycles. The third-order valence-corrected chi connectivity index (χ3v) is 4.21. The fourth-order valence-corrected chi connectivity index (χ4v) is 2.98. The lowest BCUT2D eigenvalue weighted by atomic mass is 10.1. The molecule has 1 N–H and O–H groups in total. The highest BCUT2D eigenvalue weighted by Crippen LogP contribution is 2.35. The van der Waals surface area contributed by atoms with Crippen molar-refractivity contribution in [2.24, 2.45) is 0 Å². The van der Waals surface area contributed by atoms with Crippen molar-refractivity contribution in [3.05, 3.63) is 53.6 Å². The van der Waals surface area contributed by atoms with Crippen molar-refractivity contribution in [2.45, 2.75) is 19.6 Å². The Bertz CT molecular complexity index is 889. The van der Waals surface area contributed by atoms with Crippen LogP contribution in [0.25, 0.3) is 11.0 Å². The third kappa shape index (κ3) is 2.59. The van der Waals surface area contributed by atoms with Crippen LogP contribution in [0.2, 0.25) is 0 Å². The summed E-state index contributed by atoms with van der Waals surface area (Å²) < 4.78 is 26.2. The van der Waals surface area contributed by atoms with Crippen LogP contribution in [0.5, 0.6) is 11.5 Å². The normalized spacial score (nSPS) is 14.8. The molecule has 1 aliphatic rings. The first-order valence-electron chi connectivity index (χ1n) is 7.82. The van der Waals surface area contributed by atoms with Gasteiger partial charge in [0.05, 0.1) is 23.7 Å². The van der Waals surface area contributed by atoms with Crippen molar-refractivity contribution in [3.8, 4) is 11.5 Å². The molecule has 2 aromatic carbocycles. The van der Waals surface area contributed by atoms with Crippen LogP contribution in [-0.2, 0) is 6.54 Å². The lowest BCUT2D eigenvalue weighted by molar-refractivity contribution is 0.157. The molecular weight excluding hydrogens is 311 g/mol. The molecule has 124 valence electrons. The number of benzene rings is 2. The SMILES string of the molecule is Cc1nc2cc3c(cc2n1C[C@@H](O)c1ccc(F)cc1)OCCO3. The Balaban J connectivity index is 1.70. The number of aryl methyl sites for hydroxylation is 1. The predicted octanol–water partition coefficient (Wildman–Crippen LogP) is 2.99. The molecule has 2 heterocycles. The number of fused-ring (bicyclic) bond motifs is 2. The number of rotatable bonds is 3. The number of aliphatic hydroxyl groups excluding tert-OH is 1. The summed E-state index contributed by atoms with van der Waals surface area (Å²) in [4.78, 5) is 4.54. The van der Waals surface area contributed by atoms with Crippen molar-refractivity contribution >= 4 is 11.0 Å². The summed E-state index contributed by atoms with van der Waals surface area (Å²) in [6.45, 7) is 3.26. The first-order chi connectivity index (χ1) is 11.6. The second-order valence-electron chi connectivity index (χ2n) is 5.82. The Morgan fingerprint density at radius 1 is 1.17 bits per heavy atom. The van der Waals surface area contributed by atoms with E-state index in [9.17, 15) is 9.50 Å². The summed E-state index contributed by atoms with van der Waals surface area (Å²) in [5.74, 6) is 1.84. The van der Waals surface area contributed by atoms with Crippen molar-refractivity contribution in [1.29, 1.82) is 0 Å². The molecule has 1 aromatic heterocycles. The number of aromatic nitrogens is 2. The summed E-state index contributed by atoms with van der Waals surface area (Å²) in [5.41, 5.74) is 2.33. The maximum atomic E-state index is 13.0. The van der Waals surface area contributed by atoms with Crippen LogP contribution in [0.3, 0.4) is 0 Å². The second-order valence-corrected chi connectivity index (χ2v) is 5.82. The minimum absolute atomic E-state index is 0.320. The molecule has 0 unspecified atom stereocenters. The summed E-state index contributed by atoms with van der Waals surface area (Å²) in [5, 5.41) is 10.5. The lowest BCUT2D eigenvalue weighted by Gasteiger charge is -2.19. The van der Waals surface area contributed by atoms with Gasteiger partial charge in [-0.1, -0.05) is 12.1 Å². The van der Waals surface area contributed by atoms with E-state index in [-0.39, 0.29) is 5.82 Å². The van der Waals surface area contributed by atoms with E-state index in [1.54, 1.807) is 12.1 Å². The van der Waals surface area contributed by atoms with E-state index in [2.05, 4.69) is 4.98 Å². The molecule has 6 heteroatoms. The first-order valence-corrected chi connectivity index (χ1v) is 7.82. The summed E-state index contributed by atoms with van der Waals surface area (Å²) in [7, 11) is 0. The summed E-state index contributed by atoms with van der Waals surface area (Å²) in [6.07, 6.45) is -0.755. The number of hydrogen-bond acceptors (Lipinski definition) is 4. The Labute approximate surface area is 138 Å². The number of hydrogen-bond donors (Lipinski definition) is 1. The number of imidazole rings is 1. The molecule has 0 amide bonds. The van der Waals surface area contributed by atoms with Crippen LogP contribution in [0.15, 0.2) is 36.4 Å². The third-order valence-electron chi connectivity index (χ3n) is 4.21. The van der Waals surface area contributed by atoms with E-state index in [1.807, 2.05) is 23.6 Å². The lowest BCUT2D eigenvalue weighted by Crippen LogP contribution is -2.15. The number of ether oxygens (including phenoxy) is 2. The summed E-state index contributed by atoms with van der Waals surface area (Å²) >= 11 is 0. The van der Waals surface area contributed by atoms with Crippen LogP contribution < -0.4 is 9.47 Å². The Morgan fingerprint density at radius 3 is 2.54 bits per heavy atom. The van der Waals surface area contributed by atoms with Crippen LogP contribution >= 0.6 is 0 Å². The average molecular weight is 328 g/mol. The van der Waals surface area contributed by atoms with E-state index in [1.165, 1.54) is 12.1 Å². The molecule has 24 heavy (non-hydrogen) atoms. The van der Waals surface area contributed by atoms with E-state index < -0.39 is 6.10 Å². The number of halogens is 1. The fourth-order valence-electron chi connectivity index (χ4n) is 2.98. The van der Waals surface area contributed by atoms with Crippen molar-refractivity contribution in [3.63, 3.8) is 0 Å². The van der Waals surface area contributed by atoms with Gasteiger partial charge in [-0.2, -0.15) is 0 Å². The van der Waals surface area contributed by atoms with Gasteiger partial charge in [-0.05, 0) is 24.6 Å². The quantitative estimate of drug-likeness (QED) is 0.803. The monoisotopic (exact) mass is 328 g/mol. The number of nitrogens with zero attached hydrogens (tertiary/aromatic N) is 2. The average Bonchev–Trinajstić information content (AvgIpc) is 2.88. The van der Waals surface area contributed by atoms with Gasteiger partial charge >= 0.3 is 0 Å². The van der Waals surface area contributed by atoms with Crippen LogP contribution in [0.4, 0.5) is 4.39 Å². The van der Waals surface area contributed by atoms with Crippen molar-refractivity contribution in [2.75, 3.05) is 13.2 Å². The molecule has 0 spiro atoms. The van der Waals surface area contributed by atoms with Crippen LogP contribution in [0, 0.1) is 12.7 Å². The molecule has 0 saturated heterocycles. The number of aliphatic hydroxyl groups is 1. The van der Waals surface area contributed by atoms with Crippen molar-refractivity contribution < 1.29 is 19.0 Å². The topological polar surface area (TPSA) is 56.5 Å². The largest absolute Gasteiger partial charge is 0.486 e. The molecule has 3 aromatic rings. The fraction of sp³-hybridized carbons (Fsp3) is 0.278. The van der Waals surface area contributed by atoms with E-state index in [4.69, 9.17) is 9.47 Å². The molecule has 1 atom stereocenters. The Morgan fingerprint density at radius 2 is 1.83 bits per heavy atom. The molecular formula is C18H17FN2O3. The molecule has 0 fully saturated rings. The van der Waals surface area contributed by atoms with Gasteiger partial charge in [-0.25, -0.2) is 9.37 Å². The van der Waals surface area contributed by atoms with Gasteiger partial charge in [0.1, 0.15) is 24.9 Å².